The maximum absolute atomic E-state index is 12.9. The molecule has 0 unspecified atom stereocenters. The van der Waals surface area contributed by atoms with Crippen LogP contribution in [0, 0.1) is 11.3 Å². The number of nitrogens with two attached hydrogens (primary N) is 1. The molecule has 3 N–H and O–H groups in total. The molecule has 196 valence electrons. The third-order valence-corrected chi connectivity index (χ3v) is 9.34. The van der Waals surface area contributed by atoms with Gasteiger partial charge in [-0.05, 0) is 90.4 Å². The normalized spacial score (nSPS) is 40.7. The van der Waals surface area contributed by atoms with Crippen LogP contribution in [0.3, 0.4) is 0 Å². The third kappa shape index (κ3) is 5.06. The van der Waals surface area contributed by atoms with Crippen LogP contribution in [0.5, 0.6) is 0 Å². The molecule has 0 aromatic heterocycles. The Bertz CT molecular complexity index is 749. The van der Waals surface area contributed by atoms with Gasteiger partial charge in [-0.3, -0.25) is 4.79 Å². The molecule has 4 aliphatic heterocycles. The Balaban J connectivity index is 1.45. The number of amides is 1. The zero-order valence-electron chi connectivity index (χ0n) is 22.3. The predicted molar refractivity (Wildman–Crippen MR) is 131 cm³/mol. The van der Waals surface area contributed by atoms with Crippen molar-refractivity contribution in [1.82, 2.24) is 4.90 Å². The van der Waals surface area contributed by atoms with Gasteiger partial charge in [0, 0.05) is 13.1 Å². The van der Waals surface area contributed by atoms with Crippen LogP contribution in [0.15, 0.2) is 0 Å². The van der Waals surface area contributed by atoms with E-state index in [0.717, 1.165) is 64.6 Å². The van der Waals surface area contributed by atoms with Gasteiger partial charge in [0.05, 0.1) is 47.8 Å². The van der Waals surface area contributed by atoms with Crippen molar-refractivity contribution in [3.63, 3.8) is 0 Å². The topological polar surface area (TPSA) is 94.3 Å². The van der Waals surface area contributed by atoms with E-state index in [-0.39, 0.29) is 29.1 Å². The number of hydrogen-bond donors (Lipinski definition) is 2. The number of rotatable bonds is 3. The number of fused-ring (bicyclic) bond motifs is 2. The molecular weight excluding hydrogens is 432 g/mol. The van der Waals surface area contributed by atoms with Gasteiger partial charge in [0.25, 0.3) is 0 Å². The lowest BCUT2D eigenvalue weighted by atomic mass is 9.69. The summed E-state index contributed by atoms with van der Waals surface area (Å²) < 4.78 is 20.1. The Morgan fingerprint density at radius 1 is 1.00 bits per heavy atom. The molecule has 0 aliphatic carbocycles. The number of carbonyl (C=O) groups excluding carboxylic acids is 1. The first-order valence-electron chi connectivity index (χ1n) is 13.5. The van der Waals surface area contributed by atoms with Crippen molar-refractivity contribution in [2.75, 3.05) is 19.7 Å². The summed E-state index contributed by atoms with van der Waals surface area (Å²) in [5.74, 6) is 0.500. The largest absolute Gasteiger partial charge is 0.390 e. The van der Waals surface area contributed by atoms with Crippen LogP contribution in [0.4, 0.5) is 0 Å². The fraction of sp³-hybridized carbons (Fsp3) is 0.963. The predicted octanol–water partition coefficient (Wildman–Crippen LogP) is 3.40. The van der Waals surface area contributed by atoms with E-state index in [1.807, 2.05) is 18.7 Å². The van der Waals surface area contributed by atoms with E-state index >= 15 is 0 Å². The first kappa shape index (κ1) is 26.3. The number of aliphatic hydroxyl groups is 1. The van der Waals surface area contributed by atoms with E-state index in [0.29, 0.717) is 12.3 Å². The molecule has 4 heterocycles. The van der Waals surface area contributed by atoms with Gasteiger partial charge in [-0.2, -0.15) is 0 Å². The first-order chi connectivity index (χ1) is 15.8. The Kier molecular flexibility index (Phi) is 7.20. The van der Waals surface area contributed by atoms with E-state index in [9.17, 15) is 9.90 Å². The summed E-state index contributed by atoms with van der Waals surface area (Å²) >= 11 is 0. The van der Waals surface area contributed by atoms with E-state index in [4.69, 9.17) is 19.9 Å². The lowest BCUT2D eigenvalue weighted by molar-refractivity contribution is -0.250. The van der Waals surface area contributed by atoms with Crippen molar-refractivity contribution in [3.8, 4) is 0 Å². The fourth-order valence-corrected chi connectivity index (χ4v) is 6.62. The van der Waals surface area contributed by atoms with Gasteiger partial charge >= 0.3 is 0 Å². The van der Waals surface area contributed by atoms with Crippen molar-refractivity contribution < 1.29 is 24.1 Å². The van der Waals surface area contributed by atoms with Crippen molar-refractivity contribution in [3.05, 3.63) is 0 Å². The highest BCUT2D eigenvalue weighted by molar-refractivity contribution is 5.81. The van der Waals surface area contributed by atoms with Crippen LogP contribution in [-0.4, -0.2) is 76.8 Å². The van der Waals surface area contributed by atoms with E-state index in [1.54, 1.807) is 0 Å². The zero-order valence-corrected chi connectivity index (χ0v) is 22.3. The number of ether oxygens (including phenoxy) is 3. The average Bonchev–Trinajstić information content (AvgIpc) is 2.92. The molecule has 34 heavy (non-hydrogen) atoms. The van der Waals surface area contributed by atoms with Crippen molar-refractivity contribution in [1.29, 1.82) is 0 Å². The number of aliphatic hydroxyl groups excluding tert-OH is 1. The molecule has 0 aromatic carbocycles. The molecule has 6 atom stereocenters. The molecule has 1 amide bonds. The van der Waals surface area contributed by atoms with Crippen LogP contribution in [-0.2, 0) is 19.0 Å². The van der Waals surface area contributed by atoms with Gasteiger partial charge in [0.2, 0.25) is 5.91 Å². The SMILES string of the molecule is CC(C)C[C@H](N)C(=O)N1CCC2(CC1)CO[C@@]1(C)CC[C@H]3OC(C)(C)[C@H](O)CC[C@]3(C)O[C@@H]1C2. The maximum atomic E-state index is 12.9. The second-order valence-electron chi connectivity index (χ2n) is 13.1. The molecular formula is C27H48N2O5. The maximum Gasteiger partial charge on any atom is 0.239 e. The molecule has 0 bridgehead atoms. The Morgan fingerprint density at radius 2 is 1.65 bits per heavy atom. The third-order valence-electron chi connectivity index (χ3n) is 9.34. The van der Waals surface area contributed by atoms with E-state index < -0.39 is 23.3 Å². The second-order valence-corrected chi connectivity index (χ2v) is 13.1. The lowest BCUT2D eigenvalue weighted by Crippen LogP contribution is -2.58. The van der Waals surface area contributed by atoms with Crippen LogP contribution in [0.2, 0.25) is 0 Å². The molecule has 4 saturated heterocycles. The summed E-state index contributed by atoms with van der Waals surface area (Å²) in [6.45, 7) is 14.7. The number of piperidine rings is 1. The molecule has 4 rings (SSSR count). The first-order valence-corrected chi connectivity index (χ1v) is 13.5. The van der Waals surface area contributed by atoms with Crippen molar-refractivity contribution >= 4 is 5.91 Å². The number of hydrogen-bond acceptors (Lipinski definition) is 6. The molecule has 7 nitrogen and oxygen atoms in total. The summed E-state index contributed by atoms with van der Waals surface area (Å²) in [5.41, 5.74) is 4.86. The summed E-state index contributed by atoms with van der Waals surface area (Å²) in [4.78, 5) is 14.8. The van der Waals surface area contributed by atoms with Gasteiger partial charge in [0.1, 0.15) is 0 Å². The molecule has 4 fully saturated rings. The summed E-state index contributed by atoms with van der Waals surface area (Å²) in [6, 6.07) is -0.406. The molecule has 0 radical (unpaired) electrons. The summed E-state index contributed by atoms with van der Waals surface area (Å²) in [6.07, 6.45) is 6.12. The van der Waals surface area contributed by atoms with E-state index in [1.165, 1.54) is 0 Å². The van der Waals surface area contributed by atoms with Gasteiger partial charge in [-0.1, -0.05) is 13.8 Å². The Hall–Kier alpha value is -0.730. The number of likely N-dealkylation sites (tertiary alicyclic amines) is 1. The minimum atomic E-state index is -0.583. The molecule has 4 aliphatic rings. The van der Waals surface area contributed by atoms with Crippen LogP contribution < -0.4 is 5.73 Å². The summed E-state index contributed by atoms with van der Waals surface area (Å²) in [5, 5.41) is 10.6. The second kappa shape index (κ2) is 9.29. The van der Waals surface area contributed by atoms with Crippen LogP contribution >= 0.6 is 0 Å². The van der Waals surface area contributed by atoms with Gasteiger partial charge in [-0.15, -0.1) is 0 Å². The number of nitrogens with zero attached hydrogens (tertiary/aromatic N) is 1. The van der Waals surface area contributed by atoms with Gasteiger partial charge in [-0.25, -0.2) is 0 Å². The average molecular weight is 481 g/mol. The fourth-order valence-electron chi connectivity index (χ4n) is 6.62. The highest BCUT2D eigenvalue weighted by Gasteiger charge is 2.56. The van der Waals surface area contributed by atoms with Gasteiger partial charge in [0.15, 0.2) is 0 Å². The van der Waals surface area contributed by atoms with Crippen molar-refractivity contribution in [2.45, 2.75) is 134 Å². The number of carbonyl (C=O) groups is 1. The standard InChI is InChI=1S/C27H48N2O5/c1-18(2)15-19(28)23(31)29-13-11-27(12-14-29)16-22-25(5,32-17-27)10-8-21-26(6,34-22)9-7-20(30)24(3,4)33-21/h18-22,30H,7-17,28H2,1-6H3/t19-,20+,21+,22+,25-,26-/m0/s1. The molecule has 0 saturated carbocycles. The Morgan fingerprint density at radius 3 is 2.29 bits per heavy atom. The monoisotopic (exact) mass is 480 g/mol. The van der Waals surface area contributed by atoms with Crippen molar-refractivity contribution in [2.24, 2.45) is 17.1 Å². The minimum Gasteiger partial charge on any atom is -0.390 e. The molecule has 0 aromatic rings. The lowest BCUT2D eigenvalue weighted by Gasteiger charge is -2.53. The molecule has 7 heteroatoms. The van der Waals surface area contributed by atoms with Gasteiger partial charge < -0.3 is 30.0 Å². The highest BCUT2D eigenvalue weighted by atomic mass is 16.6. The van der Waals surface area contributed by atoms with E-state index in [2.05, 4.69) is 27.7 Å². The van der Waals surface area contributed by atoms with Crippen LogP contribution in [0.25, 0.3) is 0 Å². The molecule has 1 spiro atoms. The quantitative estimate of drug-likeness (QED) is 0.643. The van der Waals surface area contributed by atoms with Crippen LogP contribution in [0.1, 0.15) is 92.9 Å². The smallest absolute Gasteiger partial charge is 0.239 e. The minimum absolute atomic E-state index is 0.0244. The summed E-state index contributed by atoms with van der Waals surface area (Å²) in [7, 11) is 0. The highest BCUT2D eigenvalue weighted by Crippen LogP contribution is 2.51. The zero-order chi connectivity index (χ0) is 24.9. The Labute approximate surface area is 206 Å².